The van der Waals surface area contributed by atoms with E-state index in [0.717, 1.165) is 33.4 Å². The molecule has 0 bridgehead atoms. The first-order valence-electron chi connectivity index (χ1n) is 15.9. The predicted octanol–water partition coefficient (Wildman–Crippen LogP) is 5.89. The summed E-state index contributed by atoms with van der Waals surface area (Å²) in [5.74, 6) is -1.15. The number of benzene rings is 3. The Kier molecular flexibility index (Phi) is 12.4. The number of carboxylic acids is 1. The standard InChI is InChI=1S/C37H39N3O8S/c1-3-46-32(42)20-40-37(45)39-19-25-6-4-7-29(18-25)26-13-15-28(16-14-26)36-47-31(22-49-34-30(35(43)44)8-5-17-38-34)23(2)33(48-36)27-11-9-24(21-41)10-12-27/h4-18,23,31,33,36,41H,3,19-22H2,1-2H3,(H,43,44)(H2,39,40,45)/t23-,31+,33+,36+/m1/s1. The van der Waals surface area contributed by atoms with Crippen LogP contribution in [0.15, 0.2) is 96.2 Å². The molecule has 0 spiro atoms. The Bertz CT molecular complexity index is 1730. The molecule has 49 heavy (non-hydrogen) atoms. The number of rotatable bonds is 13. The van der Waals surface area contributed by atoms with E-state index in [1.54, 1.807) is 25.3 Å². The number of nitrogens with zero attached hydrogens (tertiary/aromatic N) is 1. The molecular weight excluding hydrogens is 646 g/mol. The highest BCUT2D eigenvalue weighted by molar-refractivity contribution is 7.99. The van der Waals surface area contributed by atoms with Crippen molar-refractivity contribution in [3.63, 3.8) is 0 Å². The second-order valence-electron chi connectivity index (χ2n) is 11.5. The van der Waals surface area contributed by atoms with Gasteiger partial charge in [0, 0.05) is 30.0 Å². The Morgan fingerprint density at radius 1 is 0.898 bits per heavy atom. The summed E-state index contributed by atoms with van der Waals surface area (Å²) in [6.07, 6.45) is 0.271. The third-order valence-corrected chi connectivity index (χ3v) is 9.20. The third kappa shape index (κ3) is 9.45. The van der Waals surface area contributed by atoms with E-state index < -0.39 is 24.3 Å². The number of hydrogen-bond donors (Lipinski definition) is 4. The molecule has 1 aromatic heterocycles. The number of carbonyl (C=O) groups excluding carboxylic acids is 2. The maximum atomic E-state index is 12.1. The van der Waals surface area contributed by atoms with Crippen molar-refractivity contribution >= 4 is 29.7 Å². The molecule has 3 aromatic carbocycles. The van der Waals surface area contributed by atoms with Crippen molar-refractivity contribution < 1.29 is 38.8 Å². The maximum Gasteiger partial charge on any atom is 0.338 e. The Morgan fingerprint density at radius 2 is 1.65 bits per heavy atom. The monoisotopic (exact) mass is 685 g/mol. The minimum Gasteiger partial charge on any atom is -0.478 e. The van der Waals surface area contributed by atoms with Gasteiger partial charge in [-0.15, -0.1) is 11.8 Å². The number of amides is 2. The Balaban J connectivity index is 1.30. The highest BCUT2D eigenvalue weighted by Gasteiger charge is 2.38. The van der Waals surface area contributed by atoms with Crippen LogP contribution in [-0.4, -0.2) is 58.2 Å². The number of pyridine rings is 1. The SMILES string of the molecule is CCOC(=O)CNC(=O)NCc1cccc(-c2ccc([C@H]3O[C@@H](CSc4ncccc4C(=O)O)[C@@H](C)[C@@H](c4ccc(CO)cc4)O3)cc2)c1. The molecule has 1 fully saturated rings. The summed E-state index contributed by atoms with van der Waals surface area (Å²) in [6, 6.07) is 26.0. The summed E-state index contributed by atoms with van der Waals surface area (Å²) in [5.41, 5.74) is 5.52. The normalized spacial score (nSPS) is 18.8. The molecule has 2 heterocycles. The highest BCUT2D eigenvalue weighted by Crippen LogP contribution is 2.43. The molecule has 4 aromatic rings. The van der Waals surface area contributed by atoms with E-state index in [-0.39, 0.29) is 50.0 Å². The fourth-order valence-electron chi connectivity index (χ4n) is 5.44. The van der Waals surface area contributed by atoms with E-state index >= 15 is 0 Å². The minimum absolute atomic E-state index is 0.0550. The molecule has 1 aliphatic heterocycles. The molecule has 0 radical (unpaired) electrons. The summed E-state index contributed by atoms with van der Waals surface area (Å²) in [5, 5.41) is 24.9. The van der Waals surface area contributed by atoms with Crippen LogP contribution >= 0.6 is 11.8 Å². The molecule has 0 saturated carbocycles. The number of carbonyl (C=O) groups is 3. The number of nitrogens with one attached hydrogen (secondary N) is 2. The number of aromatic carboxylic acids is 1. The number of aliphatic hydroxyl groups excluding tert-OH is 1. The van der Waals surface area contributed by atoms with Crippen LogP contribution in [0.4, 0.5) is 4.79 Å². The third-order valence-electron chi connectivity index (χ3n) is 8.10. The van der Waals surface area contributed by atoms with E-state index in [4.69, 9.17) is 14.2 Å². The van der Waals surface area contributed by atoms with Crippen LogP contribution in [0.1, 0.15) is 58.9 Å². The van der Waals surface area contributed by atoms with Crippen LogP contribution in [0.5, 0.6) is 0 Å². The summed E-state index contributed by atoms with van der Waals surface area (Å²) in [4.78, 5) is 39.7. The summed E-state index contributed by atoms with van der Waals surface area (Å²) in [7, 11) is 0. The Hall–Kier alpha value is -4.75. The molecule has 0 aliphatic carbocycles. The largest absolute Gasteiger partial charge is 0.478 e. The maximum absolute atomic E-state index is 12.1. The molecule has 256 valence electrons. The Morgan fingerprint density at radius 3 is 2.37 bits per heavy atom. The number of aromatic nitrogens is 1. The van der Waals surface area contributed by atoms with E-state index in [1.807, 2.05) is 72.8 Å². The summed E-state index contributed by atoms with van der Waals surface area (Å²) < 4.78 is 17.9. The number of carboxylic acid groups (broad SMARTS) is 1. The van der Waals surface area contributed by atoms with Crippen LogP contribution in [-0.2, 0) is 32.2 Å². The fraction of sp³-hybridized carbons (Fsp3) is 0.297. The van der Waals surface area contributed by atoms with Crippen molar-refractivity contribution in [2.24, 2.45) is 5.92 Å². The van der Waals surface area contributed by atoms with Crippen LogP contribution in [0.2, 0.25) is 0 Å². The van der Waals surface area contributed by atoms with Gasteiger partial charge in [-0.25, -0.2) is 14.6 Å². The number of urea groups is 1. The van der Waals surface area contributed by atoms with E-state index in [1.165, 1.54) is 11.8 Å². The van der Waals surface area contributed by atoms with Crippen LogP contribution in [0, 0.1) is 5.92 Å². The molecule has 11 nitrogen and oxygen atoms in total. The molecule has 4 N–H and O–H groups in total. The first-order valence-corrected chi connectivity index (χ1v) is 16.9. The van der Waals surface area contributed by atoms with Gasteiger partial charge >= 0.3 is 18.0 Å². The van der Waals surface area contributed by atoms with Gasteiger partial charge in [0.25, 0.3) is 0 Å². The Labute approximate surface area is 289 Å². The van der Waals surface area contributed by atoms with Crippen molar-refractivity contribution in [1.82, 2.24) is 15.6 Å². The average molecular weight is 686 g/mol. The van der Waals surface area contributed by atoms with Crippen LogP contribution < -0.4 is 10.6 Å². The fourth-order valence-corrected chi connectivity index (χ4v) is 6.59. The molecule has 0 unspecified atom stereocenters. The summed E-state index contributed by atoms with van der Waals surface area (Å²) >= 11 is 1.34. The molecule has 2 amide bonds. The quantitative estimate of drug-likeness (QED) is 0.0990. The van der Waals surface area contributed by atoms with E-state index in [2.05, 4.69) is 22.5 Å². The van der Waals surface area contributed by atoms with Gasteiger partial charge in [0.15, 0.2) is 6.29 Å². The number of ether oxygens (including phenoxy) is 3. The lowest BCUT2D eigenvalue weighted by atomic mass is 9.91. The van der Waals surface area contributed by atoms with Crippen molar-refractivity contribution in [2.75, 3.05) is 18.9 Å². The van der Waals surface area contributed by atoms with Crippen molar-refractivity contribution in [3.05, 3.63) is 119 Å². The van der Waals surface area contributed by atoms with Gasteiger partial charge in [-0.05, 0) is 52.9 Å². The van der Waals surface area contributed by atoms with Gasteiger partial charge in [-0.2, -0.15) is 0 Å². The van der Waals surface area contributed by atoms with Gasteiger partial charge < -0.3 is 35.1 Å². The van der Waals surface area contributed by atoms with Crippen LogP contribution in [0.25, 0.3) is 11.1 Å². The minimum atomic E-state index is -1.03. The zero-order valence-corrected chi connectivity index (χ0v) is 28.0. The molecule has 1 aliphatic rings. The highest BCUT2D eigenvalue weighted by atomic mass is 32.2. The average Bonchev–Trinajstić information content (AvgIpc) is 3.13. The second-order valence-corrected chi connectivity index (χ2v) is 12.5. The van der Waals surface area contributed by atoms with Crippen LogP contribution in [0.3, 0.4) is 0 Å². The van der Waals surface area contributed by atoms with Gasteiger partial charge in [0.1, 0.15) is 11.6 Å². The lowest BCUT2D eigenvalue weighted by Gasteiger charge is -2.41. The predicted molar refractivity (Wildman–Crippen MR) is 184 cm³/mol. The number of aliphatic hydroxyl groups is 1. The molecule has 1 saturated heterocycles. The first-order chi connectivity index (χ1) is 23.7. The number of esters is 1. The van der Waals surface area contributed by atoms with Gasteiger partial charge in [0.05, 0.1) is 31.0 Å². The molecular formula is C37H39N3O8S. The zero-order chi connectivity index (χ0) is 34.8. The molecule has 12 heteroatoms. The van der Waals surface area contributed by atoms with Gasteiger partial charge in [-0.3, -0.25) is 4.79 Å². The van der Waals surface area contributed by atoms with Crippen molar-refractivity contribution in [1.29, 1.82) is 0 Å². The number of hydrogen-bond acceptors (Lipinski definition) is 9. The molecule has 5 rings (SSSR count). The second kappa shape index (κ2) is 17.1. The summed E-state index contributed by atoms with van der Waals surface area (Å²) in [6.45, 7) is 4.02. The van der Waals surface area contributed by atoms with Gasteiger partial charge in [0.2, 0.25) is 0 Å². The lowest BCUT2D eigenvalue weighted by molar-refractivity contribution is -0.268. The topological polar surface area (TPSA) is 156 Å². The first kappa shape index (κ1) is 35.6. The lowest BCUT2D eigenvalue weighted by Crippen LogP contribution is -2.38. The van der Waals surface area contributed by atoms with Crippen molar-refractivity contribution in [3.8, 4) is 11.1 Å². The van der Waals surface area contributed by atoms with Gasteiger partial charge in [-0.1, -0.05) is 73.7 Å². The smallest absolute Gasteiger partial charge is 0.338 e. The molecule has 4 atom stereocenters. The number of thioether (sulfide) groups is 1. The zero-order valence-electron chi connectivity index (χ0n) is 27.2. The van der Waals surface area contributed by atoms with Crippen molar-refractivity contribution in [2.45, 2.75) is 50.5 Å². The van der Waals surface area contributed by atoms with E-state index in [0.29, 0.717) is 10.8 Å². The van der Waals surface area contributed by atoms with E-state index in [9.17, 15) is 24.6 Å².